The van der Waals surface area contributed by atoms with E-state index in [1.165, 1.54) is 32.1 Å². The predicted octanol–water partition coefficient (Wildman–Crippen LogP) is 3.22. The monoisotopic (exact) mass is 251 g/mol. The highest BCUT2D eigenvalue weighted by molar-refractivity contribution is 5.05. The Balaban J connectivity index is 1.68. The summed E-state index contributed by atoms with van der Waals surface area (Å²) in [7, 11) is 4.00. The van der Waals surface area contributed by atoms with Crippen molar-refractivity contribution in [3.05, 3.63) is 0 Å². The number of rotatable bonds is 6. The first kappa shape index (κ1) is 12.9. The first-order chi connectivity index (χ1) is 8.75. The summed E-state index contributed by atoms with van der Waals surface area (Å²) in [4.78, 5) is 0. The molecule has 0 aliphatic heterocycles. The highest BCUT2D eigenvalue weighted by atomic mass is 16.5. The second kappa shape index (κ2) is 5.13. The molecule has 0 amide bonds. The molecule has 0 aromatic carbocycles. The predicted molar refractivity (Wildman–Crippen MR) is 74.6 cm³/mol. The third-order valence-electron chi connectivity index (χ3n) is 6.01. The normalized spacial score (nSPS) is 43.3. The van der Waals surface area contributed by atoms with Crippen molar-refractivity contribution in [3.63, 3.8) is 0 Å². The molecule has 104 valence electrons. The van der Waals surface area contributed by atoms with Crippen molar-refractivity contribution in [1.82, 2.24) is 5.32 Å². The summed E-state index contributed by atoms with van der Waals surface area (Å²) in [6.45, 7) is 0.921. The topological polar surface area (TPSA) is 21.3 Å². The fraction of sp³-hybridized carbons (Fsp3) is 1.00. The summed E-state index contributed by atoms with van der Waals surface area (Å²) in [5, 5.41) is 3.66. The smallest absolute Gasteiger partial charge is 0.0462 e. The maximum atomic E-state index is 5.23. The molecule has 4 fully saturated rings. The van der Waals surface area contributed by atoms with Crippen molar-refractivity contribution in [1.29, 1.82) is 0 Å². The molecular weight excluding hydrogens is 222 g/mol. The van der Waals surface area contributed by atoms with Crippen molar-refractivity contribution in [2.24, 2.45) is 23.2 Å². The summed E-state index contributed by atoms with van der Waals surface area (Å²) in [6, 6.07) is 0.737. The molecule has 0 saturated heterocycles. The molecular formula is C16H29NO. The zero-order chi connectivity index (χ0) is 12.6. The summed E-state index contributed by atoms with van der Waals surface area (Å²) in [5.41, 5.74) is 0.650. The third kappa shape index (κ3) is 2.22. The van der Waals surface area contributed by atoms with Crippen molar-refractivity contribution < 1.29 is 4.74 Å². The molecule has 4 saturated carbocycles. The standard InChI is InChI=1S/C16H29NO/c1-17-15(4-3-5-18-2)16-9-12-6-13(10-16)8-14(7-12)11-16/h12-15,17H,3-11H2,1-2H3. The Hall–Kier alpha value is -0.0800. The molecule has 4 aliphatic carbocycles. The molecule has 0 heterocycles. The van der Waals surface area contributed by atoms with Crippen LogP contribution in [0.5, 0.6) is 0 Å². The Morgan fingerprint density at radius 3 is 2.11 bits per heavy atom. The van der Waals surface area contributed by atoms with Crippen molar-refractivity contribution >= 4 is 0 Å². The van der Waals surface area contributed by atoms with E-state index in [1.807, 2.05) is 7.11 Å². The lowest BCUT2D eigenvalue weighted by Gasteiger charge is -2.59. The lowest BCUT2D eigenvalue weighted by molar-refractivity contribution is -0.0748. The summed E-state index contributed by atoms with van der Waals surface area (Å²) in [6.07, 6.45) is 11.7. The van der Waals surface area contributed by atoms with Crippen LogP contribution in [-0.2, 0) is 4.74 Å². The first-order valence-electron chi connectivity index (χ1n) is 7.92. The van der Waals surface area contributed by atoms with E-state index in [2.05, 4.69) is 12.4 Å². The number of hydrogen-bond donors (Lipinski definition) is 1. The Bertz CT molecular complexity index is 254. The first-order valence-corrected chi connectivity index (χ1v) is 7.92. The molecule has 2 nitrogen and oxygen atoms in total. The molecule has 1 N–H and O–H groups in total. The molecule has 0 spiro atoms. The van der Waals surface area contributed by atoms with Crippen LogP contribution in [0.25, 0.3) is 0 Å². The second-order valence-electron chi connectivity index (χ2n) is 7.26. The molecule has 4 aliphatic rings. The summed E-state index contributed by atoms with van der Waals surface area (Å²) < 4.78 is 5.23. The van der Waals surface area contributed by atoms with Crippen LogP contribution in [0.1, 0.15) is 51.4 Å². The zero-order valence-corrected chi connectivity index (χ0v) is 12.1. The van der Waals surface area contributed by atoms with Gasteiger partial charge in [-0.1, -0.05) is 0 Å². The van der Waals surface area contributed by atoms with Gasteiger partial charge in [0.25, 0.3) is 0 Å². The number of nitrogens with one attached hydrogen (secondary N) is 1. The summed E-state index contributed by atoms with van der Waals surface area (Å²) in [5.74, 6) is 3.19. The van der Waals surface area contributed by atoms with Crippen LogP contribution in [0.15, 0.2) is 0 Å². The minimum absolute atomic E-state index is 0.650. The quantitative estimate of drug-likeness (QED) is 0.732. The fourth-order valence-electron chi connectivity index (χ4n) is 5.79. The lowest BCUT2D eigenvalue weighted by atomic mass is 9.47. The largest absolute Gasteiger partial charge is 0.385 e. The van der Waals surface area contributed by atoms with Crippen molar-refractivity contribution in [2.45, 2.75) is 57.4 Å². The minimum Gasteiger partial charge on any atom is -0.385 e. The van der Waals surface area contributed by atoms with E-state index >= 15 is 0 Å². The minimum atomic E-state index is 0.650. The number of methoxy groups -OCH3 is 1. The Kier molecular flexibility index (Phi) is 3.68. The maximum Gasteiger partial charge on any atom is 0.0462 e. The Morgan fingerprint density at radius 1 is 1.11 bits per heavy atom. The van der Waals surface area contributed by atoms with E-state index in [9.17, 15) is 0 Å². The van der Waals surface area contributed by atoms with Crippen LogP contribution in [0, 0.1) is 23.2 Å². The number of hydrogen-bond acceptors (Lipinski definition) is 2. The van der Waals surface area contributed by atoms with Crippen LogP contribution in [0.4, 0.5) is 0 Å². The van der Waals surface area contributed by atoms with E-state index < -0.39 is 0 Å². The molecule has 4 rings (SSSR count). The van der Waals surface area contributed by atoms with Crippen LogP contribution in [-0.4, -0.2) is 26.8 Å². The van der Waals surface area contributed by atoms with E-state index in [0.29, 0.717) is 5.41 Å². The van der Waals surface area contributed by atoms with Crippen LogP contribution in [0.3, 0.4) is 0 Å². The van der Waals surface area contributed by atoms with E-state index in [-0.39, 0.29) is 0 Å². The summed E-state index contributed by atoms with van der Waals surface area (Å²) >= 11 is 0. The molecule has 0 radical (unpaired) electrons. The van der Waals surface area contributed by atoms with Gasteiger partial charge < -0.3 is 10.1 Å². The third-order valence-corrected chi connectivity index (χ3v) is 6.01. The Labute approximate surface area is 112 Å². The van der Waals surface area contributed by atoms with E-state index in [1.54, 1.807) is 19.3 Å². The molecule has 18 heavy (non-hydrogen) atoms. The van der Waals surface area contributed by atoms with Gasteiger partial charge in [-0.05, 0) is 81.6 Å². The van der Waals surface area contributed by atoms with Gasteiger partial charge in [-0.25, -0.2) is 0 Å². The van der Waals surface area contributed by atoms with Crippen molar-refractivity contribution in [2.75, 3.05) is 20.8 Å². The average molecular weight is 251 g/mol. The van der Waals surface area contributed by atoms with Gasteiger partial charge >= 0.3 is 0 Å². The maximum absolute atomic E-state index is 5.23. The van der Waals surface area contributed by atoms with E-state index in [4.69, 9.17) is 4.74 Å². The van der Waals surface area contributed by atoms with Gasteiger partial charge in [-0.15, -0.1) is 0 Å². The van der Waals surface area contributed by atoms with Gasteiger partial charge in [0.1, 0.15) is 0 Å². The van der Waals surface area contributed by atoms with Crippen LogP contribution in [0.2, 0.25) is 0 Å². The van der Waals surface area contributed by atoms with Crippen molar-refractivity contribution in [3.8, 4) is 0 Å². The second-order valence-corrected chi connectivity index (χ2v) is 7.26. The highest BCUT2D eigenvalue weighted by Gasteiger charge is 2.53. The van der Waals surface area contributed by atoms with Gasteiger partial charge in [0.05, 0.1) is 0 Å². The molecule has 4 bridgehead atoms. The Morgan fingerprint density at radius 2 is 1.67 bits per heavy atom. The SMILES string of the molecule is CNC(CCCOC)C12CC3CC(CC(C3)C1)C2. The molecule has 0 aromatic heterocycles. The molecule has 1 atom stereocenters. The zero-order valence-electron chi connectivity index (χ0n) is 12.1. The fourth-order valence-corrected chi connectivity index (χ4v) is 5.79. The lowest BCUT2D eigenvalue weighted by Crippen LogP contribution is -2.55. The van der Waals surface area contributed by atoms with Gasteiger partial charge in [0.15, 0.2) is 0 Å². The highest BCUT2D eigenvalue weighted by Crippen LogP contribution is 2.61. The van der Waals surface area contributed by atoms with Gasteiger partial charge in [0, 0.05) is 19.8 Å². The molecule has 2 heteroatoms. The molecule has 0 aromatic rings. The van der Waals surface area contributed by atoms with Crippen LogP contribution < -0.4 is 5.32 Å². The molecule has 1 unspecified atom stereocenters. The van der Waals surface area contributed by atoms with Gasteiger partial charge in [0.2, 0.25) is 0 Å². The average Bonchev–Trinajstić information content (AvgIpc) is 2.32. The van der Waals surface area contributed by atoms with Gasteiger partial charge in [-0.3, -0.25) is 0 Å². The van der Waals surface area contributed by atoms with Gasteiger partial charge in [-0.2, -0.15) is 0 Å². The number of ether oxygens (including phenoxy) is 1. The van der Waals surface area contributed by atoms with E-state index in [0.717, 1.165) is 30.4 Å². The van der Waals surface area contributed by atoms with Crippen LogP contribution >= 0.6 is 0 Å².